The second-order valence-electron chi connectivity index (χ2n) is 4.49. The first-order chi connectivity index (χ1) is 9.80. The molecule has 0 aliphatic carbocycles. The van der Waals surface area contributed by atoms with Crippen molar-refractivity contribution in [3.05, 3.63) is 35.5 Å². The van der Waals surface area contributed by atoms with Crippen LogP contribution in [0.25, 0.3) is 21.6 Å². The molecule has 3 aromatic rings. The zero-order valence-electron chi connectivity index (χ0n) is 11.1. The summed E-state index contributed by atoms with van der Waals surface area (Å²) in [6.45, 7) is 2.12. The predicted molar refractivity (Wildman–Crippen MR) is 82.5 cm³/mol. The molecule has 0 atom stereocenters. The van der Waals surface area contributed by atoms with E-state index in [1.807, 2.05) is 17.5 Å². The summed E-state index contributed by atoms with van der Waals surface area (Å²) in [4.78, 5) is 13.4. The van der Waals surface area contributed by atoms with Crippen molar-refractivity contribution in [2.75, 3.05) is 5.43 Å². The van der Waals surface area contributed by atoms with Crippen LogP contribution in [0.1, 0.15) is 19.0 Å². The van der Waals surface area contributed by atoms with Crippen molar-refractivity contribution in [1.29, 1.82) is 0 Å². The summed E-state index contributed by atoms with van der Waals surface area (Å²) in [6.07, 6.45) is 3.74. The number of aryl methyl sites for hydroxylation is 1. The maximum absolute atomic E-state index is 5.48. The Morgan fingerprint density at radius 2 is 2.20 bits per heavy atom. The minimum absolute atomic E-state index is 0.629. The highest BCUT2D eigenvalue weighted by atomic mass is 32.1. The number of aromatic nitrogens is 3. The Hall–Kier alpha value is -2.05. The number of hydrogen-bond donors (Lipinski definition) is 2. The molecule has 0 aromatic carbocycles. The first-order valence-corrected chi connectivity index (χ1v) is 7.36. The van der Waals surface area contributed by atoms with Crippen molar-refractivity contribution < 1.29 is 0 Å². The van der Waals surface area contributed by atoms with E-state index in [-0.39, 0.29) is 0 Å². The maximum Gasteiger partial charge on any atom is 0.163 e. The molecule has 0 bridgehead atoms. The molecule has 0 aliphatic rings. The van der Waals surface area contributed by atoms with Crippen molar-refractivity contribution >= 4 is 27.4 Å². The number of nitrogens with one attached hydrogen (secondary N) is 1. The molecule has 0 amide bonds. The average Bonchev–Trinajstić information content (AvgIpc) is 2.94. The Bertz CT molecular complexity index is 737. The summed E-state index contributed by atoms with van der Waals surface area (Å²) in [5, 5.41) is 2.03. The lowest BCUT2D eigenvalue weighted by atomic mass is 10.2. The fourth-order valence-electron chi connectivity index (χ4n) is 2.05. The summed E-state index contributed by atoms with van der Waals surface area (Å²) in [5.74, 6) is 6.77. The highest BCUT2D eigenvalue weighted by Crippen LogP contribution is 2.25. The number of nitrogens with zero attached hydrogens (tertiary/aromatic N) is 3. The molecule has 20 heavy (non-hydrogen) atoms. The maximum atomic E-state index is 5.48. The summed E-state index contributed by atoms with van der Waals surface area (Å²) in [7, 11) is 0. The molecule has 3 heterocycles. The molecule has 0 fully saturated rings. The normalized spacial score (nSPS) is 10.9. The van der Waals surface area contributed by atoms with Gasteiger partial charge in [0.25, 0.3) is 0 Å². The Balaban J connectivity index is 2.09. The van der Waals surface area contributed by atoms with Crippen molar-refractivity contribution in [2.24, 2.45) is 5.84 Å². The summed E-state index contributed by atoms with van der Waals surface area (Å²) >= 11 is 1.66. The third-order valence-electron chi connectivity index (χ3n) is 2.99. The zero-order valence-corrected chi connectivity index (χ0v) is 11.9. The van der Waals surface area contributed by atoms with Gasteiger partial charge in [-0.3, -0.25) is 4.98 Å². The molecule has 3 aromatic heterocycles. The lowest BCUT2D eigenvalue weighted by molar-refractivity contribution is 0.875. The SMILES string of the molecule is CCCc1cc(NN)nc(-c2cnc3ccsc3c2)n1. The molecule has 5 nitrogen and oxygen atoms in total. The van der Waals surface area contributed by atoms with E-state index < -0.39 is 0 Å². The van der Waals surface area contributed by atoms with Gasteiger partial charge in [-0.1, -0.05) is 13.3 Å². The van der Waals surface area contributed by atoms with Crippen molar-refractivity contribution in [2.45, 2.75) is 19.8 Å². The van der Waals surface area contributed by atoms with Crippen LogP contribution in [0.4, 0.5) is 5.82 Å². The lowest BCUT2D eigenvalue weighted by Crippen LogP contribution is -2.10. The second kappa shape index (κ2) is 5.52. The number of hydrazine groups is 1. The van der Waals surface area contributed by atoms with Crippen LogP contribution in [0.3, 0.4) is 0 Å². The van der Waals surface area contributed by atoms with Crippen LogP contribution < -0.4 is 11.3 Å². The molecule has 3 rings (SSSR count). The first kappa shape index (κ1) is 13.0. The van der Waals surface area contributed by atoms with Gasteiger partial charge in [-0.05, 0) is 23.9 Å². The van der Waals surface area contributed by atoms with Gasteiger partial charge in [0, 0.05) is 23.5 Å². The second-order valence-corrected chi connectivity index (χ2v) is 5.44. The van der Waals surface area contributed by atoms with E-state index in [0.717, 1.165) is 34.3 Å². The van der Waals surface area contributed by atoms with Gasteiger partial charge in [0.1, 0.15) is 5.82 Å². The molecule has 0 saturated heterocycles. The van der Waals surface area contributed by atoms with Gasteiger partial charge in [-0.2, -0.15) is 0 Å². The zero-order chi connectivity index (χ0) is 13.9. The largest absolute Gasteiger partial charge is 0.308 e. The number of thiophene rings is 1. The fraction of sp³-hybridized carbons (Fsp3) is 0.214. The van der Waals surface area contributed by atoms with Crippen molar-refractivity contribution in [3.63, 3.8) is 0 Å². The van der Waals surface area contributed by atoms with Crippen LogP contribution in [0.15, 0.2) is 29.8 Å². The molecular weight excluding hydrogens is 270 g/mol. The topological polar surface area (TPSA) is 76.7 Å². The van der Waals surface area contributed by atoms with Gasteiger partial charge in [0.2, 0.25) is 0 Å². The average molecular weight is 285 g/mol. The number of pyridine rings is 1. The van der Waals surface area contributed by atoms with Crippen molar-refractivity contribution in [1.82, 2.24) is 15.0 Å². The van der Waals surface area contributed by atoms with Crippen LogP contribution in [0.2, 0.25) is 0 Å². The monoisotopic (exact) mass is 285 g/mol. The first-order valence-electron chi connectivity index (χ1n) is 6.48. The van der Waals surface area contributed by atoms with E-state index in [4.69, 9.17) is 5.84 Å². The number of rotatable bonds is 4. The van der Waals surface area contributed by atoms with Gasteiger partial charge in [0.05, 0.1) is 10.2 Å². The van der Waals surface area contributed by atoms with Gasteiger partial charge in [-0.15, -0.1) is 11.3 Å². The van der Waals surface area contributed by atoms with E-state index in [2.05, 4.69) is 33.4 Å². The van der Waals surface area contributed by atoms with Crippen molar-refractivity contribution in [3.8, 4) is 11.4 Å². The minimum Gasteiger partial charge on any atom is -0.308 e. The third kappa shape index (κ3) is 2.48. The minimum atomic E-state index is 0.629. The van der Waals surface area contributed by atoms with Gasteiger partial charge >= 0.3 is 0 Å². The Kier molecular flexibility index (Phi) is 3.58. The number of nitrogen functional groups attached to an aromatic ring is 1. The van der Waals surface area contributed by atoms with Gasteiger partial charge in [-0.25, -0.2) is 15.8 Å². The molecule has 0 radical (unpaired) electrons. The number of fused-ring (bicyclic) bond motifs is 1. The Morgan fingerprint density at radius 1 is 1.30 bits per heavy atom. The highest BCUT2D eigenvalue weighted by Gasteiger charge is 2.08. The van der Waals surface area contributed by atoms with Crippen LogP contribution in [0.5, 0.6) is 0 Å². The summed E-state index contributed by atoms with van der Waals surface area (Å²) in [5.41, 5.74) is 5.49. The summed E-state index contributed by atoms with van der Waals surface area (Å²) in [6, 6.07) is 5.95. The van der Waals surface area contributed by atoms with E-state index in [0.29, 0.717) is 11.6 Å². The molecule has 0 spiro atoms. The van der Waals surface area contributed by atoms with Crippen LogP contribution in [-0.4, -0.2) is 15.0 Å². The third-order valence-corrected chi connectivity index (χ3v) is 3.85. The lowest BCUT2D eigenvalue weighted by Gasteiger charge is -2.07. The van der Waals surface area contributed by atoms with Gasteiger partial charge in [0.15, 0.2) is 5.82 Å². The number of anilines is 1. The van der Waals surface area contributed by atoms with E-state index in [1.165, 1.54) is 0 Å². The molecule has 0 unspecified atom stereocenters. The molecule has 0 aliphatic heterocycles. The molecule has 0 saturated carbocycles. The smallest absolute Gasteiger partial charge is 0.163 e. The van der Waals surface area contributed by atoms with E-state index in [9.17, 15) is 0 Å². The predicted octanol–water partition coefficient (Wildman–Crippen LogP) is 2.99. The number of nitrogens with two attached hydrogens (primary N) is 1. The van der Waals surface area contributed by atoms with Crippen LogP contribution in [0, 0.1) is 0 Å². The highest BCUT2D eigenvalue weighted by molar-refractivity contribution is 7.17. The van der Waals surface area contributed by atoms with E-state index >= 15 is 0 Å². The Morgan fingerprint density at radius 3 is 3.00 bits per heavy atom. The quantitative estimate of drug-likeness (QED) is 0.569. The van der Waals surface area contributed by atoms with Crippen LogP contribution in [-0.2, 0) is 6.42 Å². The van der Waals surface area contributed by atoms with Gasteiger partial charge < -0.3 is 5.43 Å². The fourth-order valence-corrected chi connectivity index (χ4v) is 2.83. The molecule has 102 valence electrons. The van der Waals surface area contributed by atoms with Crippen LogP contribution >= 0.6 is 11.3 Å². The standard InChI is InChI=1S/C14H15N5S/c1-2-3-10-7-13(19-15)18-14(17-10)9-6-12-11(16-8-9)4-5-20-12/h4-8H,2-3,15H2,1H3,(H,17,18,19). The number of hydrogen-bond acceptors (Lipinski definition) is 6. The van der Waals surface area contributed by atoms with E-state index in [1.54, 1.807) is 17.5 Å². The summed E-state index contributed by atoms with van der Waals surface area (Å²) < 4.78 is 1.13. The Labute approximate surface area is 120 Å². The molecular formula is C14H15N5S. The molecule has 3 N–H and O–H groups in total. The molecule has 6 heteroatoms.